The normalized spacial score (nSPS) is 16.4. The van der Waals surface area contributed by atoms with Crippen molar-refractivity contribution in [3.05, 3.63) is 84.4 Å². The van der Waals surface area contributed by atoms with Crippen molar-refractivity contribution in [3.63, 3.8) is 0 Å². The Kier molecular flexibility index (Phi) is 6.06. The molecule has 0 radical (unpaired) electrons. The minimum absolute atomic E-state index is 0.153. The monoisotopic (exact) mass is 389 g/mol. The Labute approximate surface area is 172 Å². The number of aromatic nitrogens is 1. The SMILES string of the molecule is CC(CN(C(=O)c1ccco1)c1ccccn1)N1CCC(c2ccccc2)CC1. The van der Waals surface area contributed by atoms with Crippen LogP contribution in [0.2, 0.25) is 0 Å². The number of benzene rings is 1. The highest BCUT2D eigenvalue weighted by atomic mass is 16.3. The molecule has 1 unspecified atom stereocenters. The molecule has 3 aromatic rings. The van der Waals surface area contributed by atoms with Gasteiger partial charge in [0.25, 0.3) is 5.91 Å². The molecule has 0 spiro atoms. The van der Waals surface area contributed by atoms with E-state index in [9.17, 15) is 4.79 Å². The van der Waals surface area contributed by atoms with Crippen molar-refractivity contribution in [2.24, 2.45) is 0 Å². The van der Waals surface area contributed by atoms with Crippen molar-refractivity contribution >= 4 is 11.7 Å². The highest BCUT2D eigenvalue weighted by Gasteiger charge is 2.28. The van der Waals surface area contributed by atoms with Crippen LogP contribution in [0.15, 0.2) is 77.5 Å². The Morgan fingerprint density at radius 1 is 1.10 bits per heavy atom. The number of pyridine rings is 1. The minimum atomic E-state index is -0.153. The van der Waals surface area contributed by atoms with Gasteiger partial charge in [-0.1, -0.05) is 36.4 Å². The van der Waals surface area contributed by atoms with Crippen LogP contribution in [0.4, 0.5) is 5.82 Å². The molecule has 3 heterocycles. The van der Waals surface area contributed by atoms with Gasteiger partial charge < -0.3 is 4.42 Å². The minimum Gasteiger partial charge on any atom is -0.459 e. The second-order valence-electron chi connectivity index (χ2n) is 7.65. The number of rotatable bonds is 6. The lowest BCUT2D eigenvalue weighted by Gasteiger charge is -2.38. The molecule has 2 aromatic heterocycles. The first-order valence-corrected chi connectivity index (χ1v) is 10.3. The van der Waals surface area contributed by atoms with Crippen molar-refractivity contribution in [3.8, 4) is 0 Å². The Morgan fingerprint density at radius 3 is 2.52 bits per heavy atom. The van der Waals surface area contributed by atoms with E-state index in [2.05, 4.69) is 47.1 Å². The largest absolute Gasteiger partial charge is 0.459 e. The van der Waals surface area contributed by atoms with Crippen LogP contribution in [-0.2, 0) is 0 Å². The first kappa shape index (κ1) is 19.4. The summed E-state index contributed by atoms with van der Waals surface area (Å²) < 4.78 is 5.36. The van der Waals surface area contributed by atoms with E-state index >= 15 is 0 Å². The molecule has 0 aliphatic carbocycles. The van der Waals surface area contributed by atoms with Gasteiger partial charge in [-0.15, -0.1) is 0 Å². The zero-order valence-electron chi connectivity index (χ0n) is 16.8. The maximum atomic E-state index is 13.0. The third kappa shape index (κ3) is 4.57. The number of carbonyl (C=O) groups is 1. The van der Waals surface area contributed by atoms with Crippen LogP contribution in [0.25, 0.3) is 0 Å². The van der Waals surface area contributed by atoms with E-state index < -0.39 is 0 Å². The standard InChI is InChI=1S/C24H27N3O2/c1-19(26-15-12-21(13-16-26)20-8-3-2-4-9-20)18-27(23-11-5-6-14-25-23)24(28)22-10-7-17-29-22/h2-11,14,17,19,21H,12-13,15-16,18H2,1H3. The fourth-order valence-electron chi connectivity index (χ4n) is 4.11. The van der Waals surface area contributed by atoms with Crippen molar-refractivity contribution < 1.29 is 9.21 Å². The highest BCUT2D eigenvalue weighted by Crippen LogP contribution is 2.29. The summed E-state index contributed by atoms with van der Waals surface area (Å²) >= 11 is 0. The van der Waals surface area contributed by atoms with Gasteiger partial charge in [0.05, 0.1) is 6.26 Å². The summed E-state index contributed by atoms with van der Waals surface area (Å²) in [6, 6.07) is 20.1. The summed E-state index contributed by atoms with van der Waals surface area (Å²) in [4.78, 5) is 21.6. The molecule has 0 N–H and O–H groups in total. The van der Waals surface area contributed by atoms with Gasteiger partial charge in [-0.25, -0.2) is 4.98 Å². The topological polar surface area (TPSA) is 49.6 Å². The molecule has 5 nitrogen and oxygen atoms in total. The second kappa shape index (κ2) is 9.05. The number of amides is 1. The summed E-state index contributed by atoms with van der Waals surface area (Å²) in [7, 11) is 0. The Balaban J connectivity index is 1.43. The molecule has 1 fully saturated rings. The van der Waals surface area contributed by atoms with E-state index in [1.54, 1.807) is 23.2 Å². The van der Waals surface area contributed by atoms with Crippen LogP contribution in [-0.4, -0.2) is 41.5 Å². The molecule has 0 saturated carbocycles. The molecule has 4 rings (SSSR count). The molecule has 0 bridgehead atoms. The maximum absolute atomic E-state index is 13.0. The lowest BCUT2D eigenvalue weighted by Crippen LogP contribution is -2.47. The molecular weight excluding hydrogens is 362 g/mol. The fraction of sp³-hybridized carbons (Fsp3) is 0.333. The summed E-state index contributed by atoms with van der Waals surface area (Å²) in [6.07, 6.45) is 5.53. The molecular formula is C24H27N3O2. The molecule has 1 aliphatic heterocycles. The third-order valence-electron chi connectivity index (χ3n) is 5.77. The van der Waals surface area contributed by atoms with Gasteiger partial charge >= 0.3 is 0 Å². The van der Waals surface area contributed by atoms with Crippen molar-refractivity contribution in [2.45, 2.75) is 31.7 Å². The molecule has 1 aliphatic rings. The smallest absolute Gasteiger partial charge is 0.295 e. The second-order valence-corrected chi connectivity index (χ2v) is 7.65. The number of likely N-dealkylation sites (tertiary alicyclic amines) is 1. The van der Waals surface area contributed by atoms with E-state index in [1.807, 2.05) is 18.2 Å². The van der Waals surface area contributed by atoms with Gasteiger partial charge in [-0.05, 0) is 68.6 Å². The molecule has 1 aromatic carbocycles. The fourth-order valence-corrected chi connectivity index (χ4v) is 4.11. The first-order chi connectivity index (χ1) is 14.2. The van der Waals surface area contributed by atoms with E-state index in [0.29, 0.717) is 24.0 Å². The summed E-state index contributed by atoms with van der Waals surface area (Å²) in [5.74, 6) is 1.46. The molecule has 1 atom stereocenters. The van der Waals surface area contributed by atoms with Crippen LogP contribution in [0.3, 0.4) is 0 Å². The van der Waals surface area contributed by atoms with Crippen LogP contribution in [0.1, 0.15) is 41.8 Å². The number of piperidine rings is 1. The zero-order valence-corrected chi connectivity index (χ0v) is 16.8. The van der Waals surface area contributed by atoms with Gasteiger partial charge in [-0.3, -0.25) is 14.6 Å². The summed E-state index contributed by atoms with van der Waals surface area (Å²) in [5, 5.41) is 0. The highest BCUT2D eigenvalue weighted by molar-refractivity contribution is 6.03. The van der Waals surface area contributed by atoms with Crippen LogP contribution >= 0.6 is 0 Å². The van der Waals surface area contributed by atoms with Crippen LogP contribution in [0.5, 0.6) is 0 Å². The van der Waals surface area contributed by atoms with Gasteiger partial charge in [0.2, 0.25) is 0 Å². The van der Waals surface area contributed by atoms with Crippen LogP contribution < -0.4 is 4.90 Å². The molecule has 29 heavy (non-hydrogen) atoms. The molecule has 1 saturated heterocycles. The molecule has 5 heteroatoms. The van der Waals surface area contributed by atoms with E-state index in [-0.39, 0.29) is 11.9 Å². The first-order valence-electron chi connectivity index (χ1n) is 10.3. The Bertz CT molecular complexity index is 888. The number of furan rings is 1. The lowest BCUT2D eigenvalue weighted by atomic mass is 9.89. The number of nitrogens with zero attached hydrogens (tertiary/aromatic N) is 3. The number of anilines is 1. The average Bonchev–Trinajstić information content (AvgIpc) is 3.33. The van der Waals surface area contributed by atoms with Gasteiger partial charge in [0.1, 0.15) is 5.82 Å². The van der Waals surface area contributed by atoms with Gasteiger partial charge in [-0.2, -0.15) is 0 Å². The molecule has 1 amide bonds. The number of hydrogen-bond donors (Lipinski definition) is 0. The number of hydrogen-bond acceptors (Lipinski definition) is 4. The predicted octanol–water partition coefficient (Wildman–Crippen LogP) is 4.59. The van der Waals surface area contributed by atoms with E-state index in [1.165, 1.54) is 11.8 Å². The van der Waals surface area contributed by atoms with Crippen molar-refractivity contribution in [1.29, 1.82) is 0 Å². The summed E-state index contributed by atoms with van der Waals surface area (Å²) in [6.45, 7) is 4.83. The summed E-state index contributed by atoms with van der Waals surface area (Å²) in [5.41, 5.74) is 1.43. The predicted molar refractivity (Wildman–Crippen MR) is 114 cm³/mol. The lowest BCUT2D eigenvalue weighted by molar-refractivity contribution is 0.0941. The Hall–Kier alpha value is -2.92. The quantitative estimate of drug-likeness (QED) is 0.619. The van der Waals surface area contributed by atoms with E-state index in [4.69, 9.17) is 4.42 Å². The number of carbonyl (C=O) groups excluding carboxylic acids is 1. The van der Waals surface area contributed by atoms with Gasteiger partial charge in [0, 0.05) is 18.8 Å². The maximum Gasteiger partial charge on any atom is 0.295 e. The third-order valence-corrected chi connectivity index (χ3v) is 5.77. The van der Waals surface area contributed by atoms with Gasteiger partial charge in [0.15, 0.2) is 5.76 Å². The van der Waals surface area contributed by atoms with Crippen LogP contribution in [0, 0.1) is 0 Å². The van der Waals surface area contributed by atoms with Crippen molar-refractivity contribution in [1.82, 2.24) is 9.88 Å². The van der Waals surface area contributed by atoms with Crippen molar-refractivity contribution in [2.75, 3.05) is 24.5 Å². The zero-order chi connectivity index (χ0) is 20.1. The van der Waals surface area contributed by atoms with E-state index in [0.717, 1.165) is 25.9 Å². The average molecular weight is 389 g/mol. The molecule has 150 valence electrons. The Morgan fingerprint density at radius 2 is 1.86 bits per heavy atom.